The maximum Gasteiger partial charge on any atom is 0.329 e. The van der Waals surface area contributed by atoms with Crippen LogP contribution in [0.5, 0.6) is 0 Å². The van der Waals surface area contributed by atoms with Gasteiger partial charge in [-0.1, -0.05) is 6.07 Å². The number of nitrogens with zero attached hydrogens (tertiary/aromatic N) is 3. The molecule has 5 N–H and O–H groups in total. The van der Waals surface area contributed by atoms with Crippen LogP contribution in [0.25, 0.3) is 33.2 Å². The summed E-state index contributed by atoms with van der Waals surface area (Å²) in [4.78, 5) is 37.1. The van der Waals surface area contributed by atoms with E-state index in [0.717, 1.165) is 31.5 Å². The summed E-state index contributed by atoms with van der Waals surface area (Å²) in [5, 5.41) is 11.2. The first-order valence-corrected chi connectivity index (χ1v) is 10.1. The molecule has 156 valence electrons. The number of benzene rings is 1. The molecule has 9 nitrogen and oxygen atoms in total. The Morgan fingerprint density at radius 3 is 2.74 bits per heavy atom. The predicted molar refractivity (Wildman–Crippen MR) is 121 cm³/mol. The topological polar surface area (TPSA) is 143 Å². The second-order valence-electron chi connectivity index (χ2n) is 7.68. The number of hydrogen-bond donors (Lipinski definition) is 4. The zero-order valence-corrected chi connectivity index (χ0v) is 16.7. The fourth-order valence-electron chi connectivity index (χ4n) is 4.22. The molecule has 4 aromatic rings. The van der Waals surface area contributed by atoms with Crippen LogP contribution in [0.15, 0.2) is 46.1 Å². The molecule has 0 amide bonds. The van der Waals surface area contributed by atoms with Crippen molar-refractivity contribution in [3.63, 3.8) is 0 Å². The van der Waals surface area contributed by atoms with E-state index in [-0.39, 0.29) is 6.04 Å². The van der Waals surface area contributed by atoms with E-state index in [1.165, 1.54) is 12.4 Å². The molecule has 9 heteroatoms. The molecule has 1 aliphatic rings. The first-order chi connectivity index (χ1) is 15.1. The lowest BCUT2D eigenvalue weighted by molar-refractivity contribution is 0.365. The molecule has 1 fully saturated rings. The van der Waals surface area contributed by atoms with Gasteiger partial charge in [-0.2, -0.15) is 0 Å². The van der Waals surface area contributed by atoms with Crippen LogP contribution in [0.2, 0.25) is 0 Å². The molecule has 1 aromatic carbocycles. The Hall–Kier alpha value is -3.85. The summed E-state index contributed by atoms with van der Waals surface area (Å²) >= 11 is 0. The van der Waals surface area contributed by atoms with Crippen LogP contribution in [-0.2, 0) is 0 Å². The van der Waals surface area contributed by atoms with Gasteiger partial charge in [0.05, 0.1) is 22.1 Å². The Morgan fingerprint density at radius 2 is 1.97 bits per heavy atom. The Balaban J connectivity index is 1.82. The van der Waals surface area contributed by atoms with Gasteiger partial charge in [0.25, 0.3) is 5.56 Å². The predicted octanol–water partition coefficient (Wildman–Crippen LogP) is 1.80. The molecule has 5 rings (SSSR count). The van der Waals surface area contributed by atoms with Crippen molar-refractivity contribution < 1.29 is 0 Å². The third kappa shape index (κ3) is 3.19. The molecule has 0 unspecified atom stereocenters. The maximum atomic E-state index is 12.9. The van der Waals surface area contributed by atoms with E-state index in [1.807, 2.05) is 18.2 Å². The van der Waals surface area contributed by atoms with Crippen LogP contribution < -0.4 is 22.3 Å². The smallest absolute Gasteiger partial charge is 0.329 e. The lowest BCUT2D eigenvalue weighted by Gasteiger charge is -2.26. The summed E-state index contributed by atoms with van der Waals surface area (Å²) in [6, 6.07) is 8.99. The van der Waals surface area contributed by atoms with Crippen LogP contribution >= 0.6 is 0 Å². The lowest BCUT2D eigenvalue weighted by Crippen LogP contribution is -2.38. The van der Waals surface area contributed by atoms with E-state index in [9.17, 15) is 9.59 Å². The van der Waals surface area contributed by atoms with E-state index >= 15 is 0 Å². The number of nitrogens with one attached hydrogen (secondary N) is 3. The van der Waals surface area contributed by atoms with Crippen molar-refractivity contribution in [3.05, 3.63) is 62.9 Å². The van der Waals surface area contributed by atoms with Crippen LogP contribution in [0.4, 0.5) is 5.69 Å². The summed E-state index contributed by atoms with van der Waals surface area (Å²) in [6.45, 7) is 1.61. The van der Waals surface area contributed by atoms with Crippen molar-refractivity contribution in [2.75, 3.05) is 18.8 Å². The SMILES string of the molecule is N=Cc1cc(-c2ccc3ncc4c(=O)[nH]c(=O)n(C5CCNCC5)c4c3n2)ccc1N. The summed E-state index contributed by atoms with van der Waals surface area (Å²) in [6.07, 6.45) is 4.27. The van der Waals surface area contributed by atoms with Gasteiger partial charge in [0.15, 0.2) is 0 Å². The molecule has 0 atom stereocenters. The highest BCUT2D eigenvalue weighted by Gasteiger charge is 2.22. The molecule has 31 heavy (non-hydrogen) atoms. The minimum atomic E-state index is -0.467. The van der Waals surface area contributed by atoms with Gasteiger partial charge in [0, 0.05) is 35.3 Å². The van der Waals surface area contributed by atoms with Gasteiger partial charge in [-0.05, 0) is 50.2 Å². The van der Waals surface area contributed by atoms with E-state index in [2.05, 4.69) is 15.3 Å². The molecule has 1 saturated heterocycles. The number of nitrogens with two attached hydrogens (primary N) is 1. The molecule has 0 radical (unpaired) electrons. The number of nitrogen functional groups attached to an aromatic ring is 1. The van der Waals surface area contributed by atoms with E-state index in [0.29, 0.717) is 38.9 Å². The number of fused-ring (bicyclic) bond motifs is 3. The van der Waals surface area contributed by atoms with Crippen LogP contribution in [0.3, 0.4) is 0 Å². The Labute approximate surface area is 176 Å². The van der Waals surface area contributed by atoms with Gasteiger partial charge in [-0.25, -0.2) is 9.78 Å². The van der Waals surface area contributed by atoms with E-state index < -0.39 is 11.2 Å². The molecule has 1 aliphatic heterocycles. The zero-order valence-electron chi connectivity index (χ0n) is 16.7. The fourth-order valence-corrected chi connectivity index (χ4v) is 4.22. The van der Waals surface area contributed by atoms with Gasteiger partial charge in [0.2, 0.25) is 0 Å². The summed E-state index contributed by atoms with van der Waals surface area (Å²) in [5.74, 6) is 0. The second-order valence-corrected chi connectivity index (χ2v) is 7.68. The number of aromatic nitrogens is 4. The van der Waals surface area contributed by atoms with E-state index in [1.54, 1.807) is 16.7 Å². The summed E-state index contributed by atoms with van der Waals surface area (Å²) in [7, 11) is 0. The minimum Gasteiger partial charge on any atom is -0.398 e. The Bertz CT molecular complexity index is 1450. The quantitative estimate of drug-likeness (QED) is 0.228. The Kier molecular flexibility index (Phi) is 4.59. The molecular formula is C22H21N7O2. The minimum absolute atomic E-state index is 0.0369. The molecule has 0 saturated carbocycles. The third-order valence-corrected chi connectivity index (χ3v) is 5.82. The van der Waals surface area contributed by atoms with Gasteiger partial charge < -0.3 is 16.5 Å². The molecule has 0 bridgehead atoms. The standard InChI is InChI=1S/C22H21N7O2/c23-10-13-9-12(1-2-16(13)24)17-3-4-18-19(27-17)20-15(11-26-18)21(30)28-22(31)29(20)14-5-7-25-8-6-14/h1-4,9-11,14,23,25H,5-8,24H2,(H,28,30,31). The highest BCUT2D eigenvalue weighted by atomic mass is 16.2. The number of H-pyrrole nitrogens is 1. The summed E-state index contributed by atoms with van der Waals surface area (Å²) < 4.78 is 1.67. The van der Waals surface area contributed by atoms with Crippen LogP contribution in [0.1, 0.15) is 24.4 Å². The number of pyridine rings is 2. The third-order valence-electron chi connectivity index (χ3n) is 5.82. The first-order valence-electron chi connectivity index (χ1n) is 10.1. The van der Waals surface area contributed by atoms with Crippen LogP contribution in [0, 0.1) is 5.41 Å². The highest BCUT2D eigenvalue weighted by Crippen LogP contribution is 2.28. The fraction of sp³-hybridized carbons (Fsp3) is 0.227. The molecular weight excluding hydrogens is 394 g/mol. The largest absolute Gasteiger partial charge is 0.398 e. The number of rotatable bonds is 3. The molecule has 0 spiro atoms. The number of anilines is 1. The normalized spacial score (nSPS) is 14.8. The second kappa shape index (κ2) is 7.44. The number of piperidine rings is 1. The van der Waals surface area contributed by atoms with E-state index in [4.69, 9.17) is 16.1 Å². The maximum absolute atomic E-state index is 12.9. The van der Waals surface area contributed by atoms with Crippen molar-refractivity contribution in [1.29, 1.82) is 5.41 Å². The van der Waals surface area contributed by atoms with Crippen molar-refractivity contribution >= 4 is 33.8 Å². The van der Waals surface area contributed by atoms with Gasteiger partial charge in [-0.15, -0.1) is 0 Å². The monoisotopic (exact) mass is 415 g/mol. The lowest BCUT2D eigenvalue weighted by atomic mass is 10.0. The van der Waals surface area contributed by atoms with Crippen molar-refractivity contribution in [2.45, 2.75) is 18.9 Å². The molecule has 3 aromatic heterocycles. The van der Waals surface area contributed by atoms with Crippen molar-refractivity contribution in [2.24, 2.45) is 0 Å². The number of aromatic amines is 1. The zero-order chi connectivity index (χ0) is 21.5. The van der Waals surface area contributed by atoms with Crippen molar-refractivity contribution in [3.8, 4) is 11.3 Å². The molecule has 0 aliphatic carbocycles. The number of hydrogen-bond acceptors (Lipinski definition) is 7. The average Bonchev–Trinajstić information content (AvgIpc) is 2.79. The van der Waals surface area contributed by atoms with Crippen molar-refractivity contribution in [1.82, 2.24) is 24.8 Å². The molecule has 4 heterocycles. The van der Waals surface area contributed by atoms with Gasteiger partial charge >= 0.3 is 5.69 Å². The highest BCUT2D eigenvalue weighted by molar-refractivity contribution is 6.01. The summed E-state index contributed by atoms with van der Waals surface area (Å²) in [5.41, 5.74) is 9.18. The van der Waals surface area contributed by atoms with Crippen LogP contribution in [-0.4, -0.2) is 38.8 Å². The Morgan fingerprint density at radius 1 is 1.16 bits per heavy atom. The van der Waals surface area contributed by atoms with Gasteiger partial charge in [0.1, 0.15) is 5.52 Å². The first kappa shape index (κ1) is 19.1. The van der Waals surface area contributed by atoms with Gasteiger partial charge in [-0.3, -0.25) is 19.3 Å². The average molecular weight is 415 g/mol.